The molecule has 0 spiro atoms. The van der Waals surface area contributed by atoms with Gasteiger partial charge < -0.3 is 14.8 Å². The summed E-state index contributed by atoms with van der Waals surface area (Å²) in [7, 11) is 0. The number of hydrogen-bond donors (Lipinski definition) is 2. The lowest BCUT2D eigenvalue weighted by Gasteiger charge is -2.31. The number of piperidine rings is 1. The highest BCUT2D eigenvalue weighted by Gasteiger charge is 2.22. The third-order valence-electron chi connectivity index (χ3n) is 7.58. The minimum absolute atomic E-state index is 0.0725. The summed E-state index contributed by atoms with van der Waals surface area (Å²) in [5, 5.41) is 3.46. The summed E-state index contributed by atoms with van der Waals surface area (Å²) in [6.07, 6.45) is 5.47. The Morgan fingerprint density at radius 2 is 1.74 bits per heavy atom. The molecule has 2 N–H and O–H groups in total. The molecule has 0 atom stereocenters. The third-order valence-corrected chi connectivity index (χ3v) is 7.58. The summed E-state index contributed by atoms with van der Waals surface area (Å²) < 4.78 is 1.73. The lowest BCUT2D eigenvalue weighted by molar-refractivity contribution is -0.129. The molecule has 42 heavy (non-hydrogen) atoms. The van der Waals surface area contributed by atoms with Crippen LogP contribution in [0.1, 0.15) is 67.9 Å². The van der Waals surface area contributed by atoms with Crippen molar-refractivity contribution in [2.75, 3.05) is 18.4 Å². The van der Waals surface area contributed by atoms with E-state index in [1.165, 1.54) is 18.0 Å². The standard InChI is InChI=1S/C32H36N6O4/c1-5-22-6-12-26(13-7-22)38-19-28(31(41)36-42-20(2)3)29(40)27-18-33-32(35-30(27)38)34-25-10-8-23(9-11-25)24-14-16-37(17-15-24)21(4)39/h6-13,18-20,24H,5,14-17H2,1-4H3,(H,36,41)(H,33,34,35). The van der Waals surface area contributed by atoms with Gasteiger partial charge in [-0.3, -0.25) is 19.2 Å². The number of likely N-dealkylation sites (tertiary alicyclic amines) is 1. The summed E-state index contributed by atoms with van der Waals surface area (Å²) in [5.74, 6) is 0.233. The van der Waals surface area contributed by atoms with Gasteiger partial charge in [0.15, 0.2) is 5.65 Å². The molecular weight excluding hydrogens is 532 g/mol. The number of nitrogens with zero attached hydrogens (tertiary/aromatic N) is 4. The third kappa shape index (κ3) is 6.33. The fourth-order valence-corrected chi connectivity index (χ4v) is 5.14. The number of carbonyl (C=O) groups excluding carboxylic acids is 2. The minimum Gasteiger partial charge on any atom is -0.343 e. The van der Waals surface area contributed by atoms with Gasteiger partial charge in [0.05, 0.1) is 11.5 Å². The van der Waals surface area contributed by atoms with E-state index in [-0.39, 0.29) is 23.0 Å². The number of rotatable bonds is 8. The van der Waals surface area contributed by atoms with Gasteiger partial charge in [0.25, 0.3) is 5.91 Å². The van der Waals surface area contributed by atoms with E-state index in [9.17, 15) is 14.4 Å². The molecule has 1 fully saturated rings. The van der Waals surface area contributed by atoms with E-state index in [1.807, 2.05) is 41.3 Å². The Labute approximate surface area is 244 Å². The minimum atomic E-state index is -0.635. The Hall–Kier alpha value is -4.57. The lowest BCUT2D eigenvalue weighted by atomic mass is 9.89. The molecule has 218 valence electrons. The molecule has 0 unspecified atom stereocenters. The number of benzene rings is 2. The Kier molecular flexibility index (Phi) is 8.63. The molecule has 0 saturated carbocycles. The van der Waals surface area contributed by atoms with Crippen molar-refractivity contribution >= 4 is 34.5 Å². The number of amides is 2. The fraction of sp³-hybridized carbons (Fsp3) is 0.344. The van der Waals surface area contributed by atoms with Crippen LogP contribution in [0, 0.1) is 0 Å². The molecule has 2 aromatic carbocycles. The molecule has 1 aliphatic heterocycles. The van der Waals surface area contributed by atoms with Crippen LogP contribution >= 0.6 is 0 Å². The number of nitrogens with one attached hydrogen (secondary N) is 2. The summed E-state index contributed by atoms with van der Waals surface area (Å²) in [6.45, 7) is 8.82. The number of aromatic nitrogens is 3. The van der Waals surface area contributed by atoms with Crippen molar-refractivity contribution in [3.63, 3.8) is 0 Å². The van der Waals surface area contributed by atoms with Gasteiger partial charge in [-0.25, -0.2) is 10.5 Å². The van der Waals surface area contributed by atoms with Gasteiger partial charge in [0.2, 0.25) is 17.3 Å². The summed E-state index contributed by atoms with van der Waals surface area (Å²) >= 11 is 0. The first-order chi connectivity index (χ1) is 20.2. The van der Waals surface area contributed by atoms with Gasteiger partial charge in [0.1, 0.15) is 5.56 Å². The maximum atomic E-state index is 13.4. The quantitative estimate of drug-likeness (QED) is 0.291. The predicted octanol–water partition coefficient (Wildman–Crippen LogP) is 4.88. The van der Waals surface area contributed by atoms with Gasteiger partial charge >= 0.3 is 0 Å². The Morgan fingerprint density at radius 1 is 1.05 bits per heavy atom. The highest BCUT2D eigenvalue weighted by atomic mass is 16.7. The lowest BCUT2D eigenvalue weighted by Crippen LogP contribution is -2.36. The van der Waals surface area contributed by atoms with Crippen LogP contribution in [0.2, 0.25) is 0 Å². The highest BCUT2D eigenvalue weighted by molar-refractivity contribution is 5.96. The number of anilines is 2. The average Bonchev–Trinajstić information content (AvgIpc) is 3.00. The number of hydroxylamine groups is 1. The molecule has 2 amide bonds. The first-order valence-electron chi connectivity index (χ1n) is 14.3. The highest BCUT2D eigenvalue weighted by Crippen LogP contribution is 2.29. The molecule has 0 aliphatic carbocycles. The fourth-order valence-electron chi connectivity index (χ4n) is 5.14. The van der Waals surface area contributed by atoms with Crippen molar-refractivity contribution in [2.24, 2.45) is 0 Å². The second-order valence-electron chi connectivity index (χ2n) is 10.8. The molecule has 10 heteroatoms. The molecule has 1 saturated heterocycles. The first-order valence-corrected chi connectivity index (χ1v) is 14.3. The Bertz CT molecular complexity index is 1640. The second-order valence-corrected chi connectivity index (χ2v) is 10.8. The normalized spacial score (nSPS) is 13.9. The number of carbonyl (C=O) groups is 2. The van der Waals surface area contributed by atoms with E-state index in [1.54, 1.807) is 25.3 Å². The van der Waals surface area contributed by atoms with Gasteiger partial charge in [-0.2, -0.15) is 4.98 Å². The van der Waals surface area contributed by atoms with E-state index in [4.69, 9.17) is 9.82 Å². The molecular formula is C32H36N6O4. The van der Waals surface area contributed by atoms with Crippen LogP contribution in [-0.2, 0) is 16.1 Å². The van der Waals surface area contributed by atoms with Crippen LogP contribution in [0.4, 0.5) is 11.6 Å². The van der Waals surface area contributed by atoms with Crippen LogP contribution in [0.15, 0.2) is 65.7 Å². The van der Waals surface area contributed by atoms with Crippen LogP contribution in [0.5, 0.6) is 0 Å². The van der Waals surface area contributed by atoms with Crippen LogP contribution < -0.4 is 16.2 Å². The molecule has 0 bridgehead atoms. The molecule has 0 radical (unpaired) electrons. The second kappa shape index (κ2) is 12.5. The largest absolute Gasteiger partial charge is 0.343 e. The zero-order valence-electron chi connectivity index (χ0n) is 24.4. The summed E-state index contributed by atoms with van der Waals surface area (Å²) in [6, 6.07) is 16.0. The molecule has 4 aromatic rings. The van der Waals surface area contributed by atoms with Gasteiger partial charge in [-0.1, -0.05) is 31.2 Å². The first kappa shape index (κ1) is 28.9. The number of aryl methyl sites for hydroxylation is 1. The summed E-state index contributed by atoms with van der Waals surface area (Å²) in [5.41, 5.74) is 6.13. The molecule has 3 heterocycles. The van der Waals surface area contributed by atoms with Crippen molar-refractivity contribution in [2.45, 2.75) is 59.0 Å². The average molecular weight is 569 g/mol. The van der Waals surface area contributed by atoms with Gasteiger partial charge in [-0.15, -0.1) is 0 Å². The number of hydrogen-bond acceptors (Lipinski definition) is 7. The molecule has 2 aromatic heterocycles. The predicted molar refractivity (Wildman–Crippen MR) is 162 cm³/mol. The zero-order valence-corrected chi connectivity index (χ0v) is 24.4. The van der Waals surface area contributed by atoms with Gasteiger partial charge in [-0.05, 0) is 74.4 Å². The van der Waals surface area contributed by atoms with Crippen molar-refractivity contribution in [1.82, 2.24) is 24.9 Å². The van der Waals surface area contributed by atoms with Crippen LogP contribution in [0.25, 0.3) is 16.7 Å². The number of fused-ring (bicyclic) bond motifs is 1. The van der Waals surface area contributed by atoms with E-state index >= 15 is 0 Å². The number of pyridine rings is 1. The molecule has 5 rings (SSSR count). The smallest absolute Gasteiger partial charge is 0.280 e. The summed E-state index contributed by atoms with van der Waals surface area (Å²) in [4.78, 5) is 54.1. The van der Waals surface area contributed by atoms with Crippen molar-refractivity contribution in [3.8, 4) is 5.69 Å². The topological polar surface area (TPSA) is 118 Å². The molecule has 1 aliphatic rings. The molecule has 10 nitrogen and oxygen atoms in total. The maximum absolute atomic E-state index is 13.4. The van der Waals surface area contributed by atoms with E-state index in [0.29, 0.717) is 17.5 Å². The van der Waals surface area contributed by atoms with Crippen LogP contribution in [0.3, 0.4) is 0 Å². The van der Waals surface area contributed by atoms with Crippen LogP contribution in [-0.4, -0.2) is 50.4 Å². The Balaban J connectivity index is 1.45. The SMILES string of the molecule is CCc1ccc(-n2cc(C(=O)NOC(C)C)c(=O)c3cnc(Nc4ccc(C5CCN(C(C)=O)CC5)cc4)nc32)cc1. The maximum Gasteiger partial charge on any atom is 0.280 e. The van der Waals surface area contributed by atoms with Crippen molar-refractivity contribution < 1.29 is 14.4 Å². The van der Waals surface area contributed by atoms with E-state index in [2.05, 4.69) is 34.8 Å². The van der Waals surface area contributed by atoms with E-state index < -0.39 is 11.3 Å². The van der Waals surface area contributed by atoms with E-state index in [0.717, 1.165) is 49.3 Å². The van der Waals surface area contributed by atoms with Gasteiger partial charge in [0, 0.05) is 43.8 Å². The zero-order chi connectivity index (χ0) is 29.8. The Morgan fingerprint density at radius 3 is 2.36 bits per heavy atom. The monoisotopic (exact) mass is 568 g/mol. The van der Waals surface area contributed by atoms with Crippen molar-refractivity contribution in [3.05, 3.63) is 87.8 Å². The van der Waals surface area contributed by atoms with Crippen molar-refractivity contribution in [1.29, 1.82) is 0 Å².